The van der Waals surface area contributed by atoms with Gasteiger partial charge >= 0.3 is 0 Å². The summed E-state index contributed by atoms with van der Waals surface area (Å²) in [7, 11) is 0. The number of hydrogen-bond acceptors (Lipinski definition) is 4. The summed E-state index contributed by atoms with van der Waals surface area (Å²) >= 11 is 1.74. The van der Waals surface area contributed by atoms with Gasteiger partial charge in [0.15, 0.2) is 0 Å². The van der Waals surface area contributed by atoms with Crippen LogP contribution in [0, 0.1) is 0 Å². The van der Waals surface area contributed by atoms with E-state index in [-0.39, 0.29) is 6.04 Å². The van der Waals surface area contributed by atoms with E-state index in [2.05, 4.69) is 39.7 Å². The van der Waals surface area contributed by atoms with Crippen LogP contribution < -0.4 is 5.32 Å². The lowest BCUT2D eigenvalue weighted by atomic mass is 10.1. The third-order valence-electron chi connectivity index (χ3n) is 2.14. The largest absolute Gasteiger partial charge is 0.305 e. The molecular weight excluding hydrogens is 206 g/mol. The summed E-state index contributed by atoms with van der Waals surface area (Å²) in [5.74, 6) is 0. The molecule has 3 nitrogen and oxygen atoms in total. The van der Waals surface area contributed by atoms with Crippen LogP contribution in [-0.2, 0) is 0 Å². The molecule has 78 valence electrons. The van der Waals surface area contributed by atoms with E-state index in [0.717, 1.165) is 12.2 Å². The van der Waals surface area contributed by atoms with E-state index in [1.54, 1.807) is 23.9 Å². The van der Waals surface area contributed by atoms with E-state index in [4.69, 9.17) is 0 Å². The summed E-state index contributed by atoms with van der Waals surface area (Å²) < 4.78 is 0. The van der Waals surface area contributed by atoms with Crippen LogP contribution >= 0.6 is 11.3 Å². The highest BCUT2D eigenvalue weighted by Gasteiger charge is 2.14. The smallest absolute Gasteiger partial charge is 0.115 e. The molecular formula is C11H13N3S. The average molecular weight is 219 g/mol. The normalized spacial score (nSPS) is 12.6. The summed E-state index contributed by atoms with van der Waals surface area (Å²) in [5, 5.41) is 5.51. The zero-order valence-electron chi connectivity index (χ0n) is 8.55. The Morgan fingerprint density at radius 3 is 3.00 bits per heavy atom. The van der Waals surface area contributed by atoms with Gasteiger partial charge in [-0.25, -0.2) is 9.97 Å². The quantitative estimate of drug-likeness (QED) is 0.857. The van der Waals surface area contributed by atoms with Crippen molar-refractivity contribution in [1.29, 1.82) is 0 Å². The zero-order valence-corrected chi connectivity index (χ0v) is 9.37. The van der Waals surface area contributed by atoms with Gasteiger partial charge in [0.05, 0.1) is 11.7 Å². The molecule has 0 aromatic carbocycles. The van der Waals surface area contributed by atoms with Crippen LogP contribution in [0.1, 0.15) is 23.5 Å². The molecule has 1 N–H and O–H groups in total. The van der Waals surface area contributed by atoms with Crippen LogP contribution in [0.3, 0.4) is 0 Å². The van der Waals surface area contributed by atoms with Crippen LogP contribution in [0.4, 0.5) is 0 Å². The Morgan fingerprint density at radius 2 is 2.40 bits per heavy atom. The van der Waals surface area contributed by atoms with Gasteiger partial charge in [0, 0.05) is 11.1 Å². The highest BCUT2D eigenvalue weighted by molar-refractivity contribution is 7.10. The van der Waals surface area contributed by atoms with Crippen LogP contribution in [0.25, 0.3) is 0 Å². The van der Waals surface area contributed by atoms with E-state index in [1.807, 2.05) is 6.07 Å². The fraction of sp³-hybridized carbons (Fsp3) is 0.273. The Balaban J connectivity index is 2.28. The van der Waals surface area contributed by atoms with Crippen molar-refractivity contribution in [2.75, 3.05) is 6.54 Å². The number of thiophene rings is 1. The Bertz CT molecular complexity index is 385. The van der Waals surface area contributed by atoms with E-state index < -0.39 is 0 Å². The third kappa shape index (κ3) is 2.40. The van der Waals surface area contributed by atoms with Gasteiger partial charge in [0.1, 0.15) is 6.33 Å². The first kappa shape index (κ1) is 10.3. The number of aromatic nitrogens is 2. The first-order valence-electron chi connectivity index (χ1n) is 4.94. The summed E-state index contributed by atoms with van der Waals surface area (Å²) in [6.07, 6.45) is 3.37. The average Bonchev–Trinajstić information content (AvgIpc) is 2.80. The molecule has 0 aliphatic heterocycles. The summed E-state index contributed by atoms with van der Waals surface area (Å²) in [6, 6.07) is 6.33. The number of hydrogen-bond donors (Lipinski definition) is 1. The van der Waals surface area contributed by atoms with Crippen molar-refractivity contribution in [3.05, 3.63) is 46.7 Å². The molecule has 0 saturated heterocycles. The second kappa shape index (κ2) is 5.00. The number of rotatable bonds is 4. The molecule has 0 aliphatic rings. The van der Waals surface area contributed by atoms with Gasteiger partial charge in [-0.2, -0.15) is 0 Å². The molecule has 4 heteroatoms. The molecule has 0 bridgehead atoms. The van der Waals surface area contributed by atoms with Crippen molar-refractivity contribution >= 4 is 11.3 Å². The maximum absolute atomic E-state index is 4.29. The molecule has 0 saturated carbocycles. The van der Waals surface area contributed by atoms with E-state index >= 15 is 0 Å². The highest BCUT2D eigenvalue weighted by atomic mass is 32.1. The highest BCUT2D eigenvalue weighted by Crippen LogP contribution is 2.23. The lowest BCUT2D eigenvalue weighted by molar-refractivity contribution is 0.622. The molecule has 1 unspecified atom stereocenters. The first-order valence-corrected chi connectivity index (χ1v) is 5.82. The van der Waals surface area contributed by atoms with Crippen LogP contribution in [0.5, 0.6) is 0 Å². The SMILES string of the molecule is CCNC(c1ccncn1)c1cccs1. The van der Waals surface area contributed by atoms with Gasteiger partial charge < -0.3 is 5.32 Å². The Labute approximate surface area is 93.2 Å². The Morgan fingerprint density at radius 1 is 1.47 bits per heavy atom. The van der Waals surface area contributed by atoms with Crippen molar-refractivity contribution < 1.29 is 0 Å². The van der Waals surface area contributed by atoms with Crippen molar-refractivity contribution in [1.82, 2.24) is 15.3 Å². The second-order valence-electron chi connectivity index (χ2n) is 3.14. The van der Waals surface area contributed by atoms with Crippen molar-refractivity contribution in [3.63, 3.8) is 0 Å². The summed E-state index contributed by atoms with van der Waals surface area (Å²) in [6.45, 7) is 3.02. The molecule has 0 aliphatic carbocycles. The molecule has 2 aromatic rings. The topological polar surface area (TPSA) is 37.8 Å². The first-order chi connectivity index (χ1) is 7.42. The molecule has 0 fully saturated rings. The lowest BCUT2D eigenvalue weighted by Gasteiger charge is -2.15. The van der Waals surface area contributed by atoms with Crippen molar-refractivity contribution in [3.8, 4) is 0 Å². The van der Waals surface area contributed by atoms with E-state index in [9.17, 15) is 0 Å². The fourth-order valence-corrected chi connectivity index (χ4v) is 2.29. The van der Waals surface area contributed by atoms with E-state index in [0.29, 0.717) is 0 Å². The molecule has 0 amide bonds. The van der Waals surface area contributed by atoms with Gasteiger partial charge in [0.25, 0.3) is 0 Å². The van der Waals surface area contributed by atoms with E-state index in [1.165, 1.54) is 4.88 Å². The maximum atomic E-state index is 4.29. The van der Waals surface area contributed by atoms with Gasteiger partial charge in [-0.1, -0.05) is 13.0 Å². The fourth-order valence-electron chi connectivity index (χ4n) is 1.48. The van der Waals surface area contributed by atoms with Crippen molar-refractivity contribution in [2.45, 2.75) is 13.0 Å². The predicted molar refractivity (Wildman–Crippen MR) is 61.9 cm³/mol. The van der Waals surface area contributed by atoms with Crippen LogP contribution in [0.15, 0.2) is 36.1 Å². The molecule has 0 radical (unpaired) electrons. The maximum Gasteiger partial charge on any atom is 0.115 e. The second-order valence-corrected chi connectivity index (χ2v) is 4.12. The van der Waals surface area contributed by atoms with Crippen molar-refractivity contribution in [2.24, 2.45) is 0 Å². The number of nitrogens with zero attached hydrogens (tertiary/aromatic N) is 2. The number of nitrogens with one attached hydrogen (secondary N) is 1. The van der Waals surface area contributed by atoms with Gasteiger partial charge in [-0.3, -0.25) is 0 Å². The zero-order chi connectivity index (χ0) is 10.5. The molecule has 2 rings (SSSR count). The van der Waals surface area contributed by atoms with Gasteiger partial charge in [0.2, 0.25) is 0 Å². The molecule has 2 heterocycles. The standard InChI is InChI=1S/C11H13N3S/c1-2-13-11(10-4-3-7-15-10)9-5-6-12-8-14-9/h3-8,11,13H,2H2,1H3. The molecule has 15 heavy (non-hydrogen) atoms. The van der Waals surface area contributed by atoms with Gasteiger partial charge in [-0.15, -0.1) is 11.3 Å². The minimum atomic E-state index is 0.193. The minimum Gasteiger partial charge on any atom is -0.305 e. The Hall–Kier alpha value is -1.26. The Kier molecular flexibility index (Phi) is 3.42. The van der Waals surface area contributed by atoms with Crippen LogP contribution in [-0.4, -0.2) is 16.5 Å². The van der Waals surface area contributed by atoms with Crippen LogP contribution in [0.2, 0.25) is 0 Å². The van der Waals surface area contributed by atoms with Gasteiger partial charge in [-0.05, 0) is 24.1 Å². The monoisotopic (exact) mass is 219 g/mol. The third-order valence-corrected chi connectivity index (χ3v) is 3.07. The summed E-state index contributed by atoms with van der Waals surface area (Å²) in [5.41, 5.74) is 1.02. The minimum absolute atomic E-state index is 0.193. The summed E-state index contributed by atoms with van der Waals surface area (Å²) in [4.78, 5) is 9.51. The predicted octanol–water partition coefficient (Wildman–Crippen LogP) is 2.24. The molecule has 2 aromatic heterocycles. The lowest BCUT2D eigenvalue weighted by Crippen LogP contribution is -2.22. The molecule has 0 spiro atoms. The molecule has 1 atom stereocenters.